The van der Waals surface area contributed by atoms with Crippen molar-refractivity contribution in [3.63, 3.8) is 0 Å². The molecular formula is C64H41NO. The van der Waals surface area contributed by atoms with E-state index in [-0.39, 0.29) is 0 Å². The second kappa shape index (κ2) is 15.5. The molecule has 0 saturated heterocycles. The summed E-state index contributed by atoms with van der Waals surface area (Å²) in [7, 11) is 0. The van der Waals surface area contributed by atoms with E-state index in [0.29, 0.717) is 0 Å². The summed E-state index contributed by atoms with van der Waals surface area (Å²) in [6, 6.07) is 90.3. The first-order chi connectivity index (χ1) is 32.7. The van der Waals surface area contributed by atoms with Gasteiger partial charge in [0.25, 0.3) is 0 Å². The number of para-hydroxylation sites is 2. The van der Waals surface area contributed by atoms with Crippen LogP contribution >= 0.6 is 0 Å². The topological polar surface area (TPSA) is 16.4 Å². The van der Waals surface area contributed by atoms with Crippen molar-refractivity contribution in [2.75, 3.05) is 4.90 Å². The molecule has 0 saturated carbocycles. The molecule has 0 radical (unpaired) electrons. The van der Waals surface area contributed by atoms with Crippen molar-refractivity contribution in [2.24, 2.45) is 0 Å². The molecule has 1 heterocycles. The van der Waals surface area contributed by atoms with Gasteiger partial charge in [0.1, 0.15) is 11.2 Å². The predicted octanol–water partition coefficient (Wildman–Crippen LogP) is 18.3. The molecule has 0 atom stereocenters. The van der Waals surface area contributed by atoms with Crippen LogP contribution in [0.2, 0.25) is 0 Å². The number of anilines is 3. The molecular weight excluding hydrogens is 799 g/mol. The molecule has 66 heavy (non-hydrogen) atoms. The first-order valence-corrected chi connectivity index (χ1v) is 22.7. The van der Waals surface area contributed by atoms with Crippen LogP contribution in [0.15, 0.2) is 253 Å². The Morgan fingerprint density at radius 2 is 0.818 bits per heavy atom. The summed E-state index contributed by atoms with van der Waals surface area (Å²) in [6.45, 7) is 0. The third-order valence-electron chi connectivity index (χ3n) is 13.4. The summed E-state index contributed by atoms with van der Waals surface area (Å²) in [5, 5.41) is 12.1. The largest absolute Gasteiger partial charge is 0.455 e. The summed E-state index contributed by atoms with van der Waals surface area (Å²) < 4.78 is 6.97. The van der Waals surface area contributed by atoms with Gasteiger partial charge in [-0.25, -0.2) is 0 Å². The van der Waals surface area contributed by atoms with Crippen LogP contribution in [0, 0.1) is 0 Å². The van der Waals surface area contributed by atoms with E-state index in [2.05, 4.69) is 254 Å². The van der Waals surface area contributed by atoms with Crippen LogP contribution in [0.1, 0.15) is 0 Å². The highest BCUT2D eigenvalue weighted by Crippen LogP contribution is 2.49. The Hall–Kier alpha value is -8.72. The van der Waals surface area contributed by atoms with Gasteiger partial charge >= 0.3 is 0 Å². The van der Waals surface area contributed by atoms with Gasteiger partial charge in [-0.1, -0.05) is 200 Å². The maximum absolute atomic E-state index is 6.97. The third kappa shape index (κ3) is 6.26. The van der Waals surface area contributed by atoms with E-state index >= 15 is 0 Å². The molecule has 2 heteroatoms. The average molecular weight is 840 g/mol. The van der Waals surface area contributed by atoms with Crippen LogP contribution in [0.3, 0.4) is 0 Å². The van der Waals surface area contributed by atoms with Crippen LogP contribution in [0.5, 0.6) is 0 Å². The lowest BCUT2D eigenvalue weighted by Crippen LogP contribution is -2.12. The lowest BCUT2D eigenvalue weighted by Gasteiger charge is -2.29. The maximum atomic E-state index is 6.97. The molecule has 0 fully saturated rings. The van der Waals surface area contributed by atoms with E-state index in [4.69, 9.17) is 4.42 Å². The zero-order valence-corrected chi connectivity index (χ0v) is 36.0. The minimum Gasteiger partial charge on any atom is -0.455 e. The Labute approximate surface area is 382 Å². The molecule has 0 bridgehead atoms. The predicted molar refractivity (Wildman–Crippen MR) is 280 cm³/mol. The number of nitrogens with zero attached hydrogens (tertiary/aromatic N) is 1. The molecule has 12 aromatic carbocycles. The van der Waals surface area contributed by atoms with Gasteiger partial charge in [-0.2, -0.15) is 0 Å². The van der Waals surface area contributed by atoms with Gasteiger partial charge in [-0.15, -0.1) is 0 Å². The summed E-state index contributed by atoms with van der Waals surface area (Å²) in [5.74, 6) is 0. The van der Waals surface area contributed by atoms with Crippen molar-refractivity contribution in [1.29, 1.82) is 0 Å². The van der Waals surface area contributed by atoms with Crippen molar-refractivity contribution in [3.05, 3.63) is 249 Å². The van der Waals surface area contributed by atoms with Gasteiger partial charge in [0.2, 0.25) is 0 Å². The third-order valence-corrected chi connectivity index (χ3v) is 13.4. The second-order valence-corrected chi connectivity index (χ2v) is 17.2. The van der Waals surface area contributed by atoms with Crippen LogP contribution in [0.25, 0.3) is 110 Å². The molecule has 0 amide bonds. The van der Waals surface area contributed by atoms with E-state index in [1.807, 2.05) is 0 Å². The quantitative estimate of drug-likeness (QED) is 0.149. The van der Waals surface area contributed by atoms with E-state index in [9.17, 15) is 0 Å². The fourth-order valence-corrected chi connectivity index (χ4v) is 10.3. The Bertz CT molecular complexity index is 3960. The summed E-state index contributed by atoms with van der Waals surface area (Å²) in [4.78, 5) is 2.45. The van der Waals surface area contributed by atoms with Gasteiger partial charge < -0.3 is 9.32 Å². The Kier molecular flexibility index (Phi) is 8.89. The van der Waals surface area contributed by atoms with Gasteiger partial charge in [0.15, 0.2) is 0 Å². The Morgan fingerprint density at radius 3 is 1.59 bits per heavy atom. The molecule has 0 aliphatic heterocycles. The lowest BCUT2D eigenvalue weighted by molar-refractivity contribution is 0.670. The zero-order chi connectivity index (χ0) is 43.6. The van der Waals surface area contributed by atoms with Gasteiger partial charge in [0, 0.05) is 22.2 Å². The Morgan fingerprint density at radius 1 is 0.273 bits per heavy atom. The smallest absolute Gasteiger partial charge is 0.145 e. The first kappa shape index (κ1) is 37.8. The zero-order valence-electron chi connectivity index (χ0n) is 36.0. The normalized spacial score (nSPS) is 11.6. The molecule has 0 spiro atoms. The number of fused-ring (bicyclic) bond motifs is 10. The van der Waals surface area contributed by atoms with Crippen molar-refractivity contribution in [1.82, 2.24) is 0 Å². The van der Waals surface area contributed by atoms with Crippen molar-refractivity contribution >= 4 is 82.1 Å². The summed E-state index contributed by atoms with van der Waals surface area (Å²) in [6.07, 6.45) is 0. The highest BCUT2D eigenvalue weighted by molar-refractivity contribution is 6.26. The van der Waals surface area contributed by atoms with Gasteiger partial charge in [-0.3, -0.25) is 0 Å². The van der Waals surface area contributed by atoms with Crippen LogP contribution in [-0.4, -0.2) is 0 Å². The number of rotatable bonds is 7. The Balaban J connectivity index is 1.05. The van der Waals surface area contributed by atoms with Crippen molar-refractivity contribution in [2.45, 2.75) is 0 Å². The monoisotopic (exact) mass is 839 g/mol. The van der Waals surface area contributed by atoms with Crippen LogP contribution in [-0.2, 0) is 0 Å². The van der Waals surface area contributed by atoms with E-state index < -0.39 is 0 Å². The molecule has 308 valence electrons. The maximum Gasteiger partial charge on any atom is 0.145 e. The molecule has 1 aromatic heterocycles. The highest BCUT2D eigenvalue weighted by atomic mass is 16.3. The van der Waals surface area contributed by atoms with Crippen molar-refractivity contribution < 1.29 is 4.42 Å². The van der Waals surface area contributed by atoms with E-state index in [1.54, 1.807) is 0 Å². The summed E-state index contributed by atoms with van der Waals surface area (Å²) >= 11 is 0. The molecule has 2 nitrogen and oxygen atoms in total. The number of benzene rings is 12. The SMILES string of the molecule is c1ccc(-c2ccc(-c3cccc(N(c4ccccc4-c4ccc5c6ccccc6c6ccccc6c5c4)c4ccc(-c5ccc6ccccc6c5)c5oc6ccccc6c45)c3)cc2)cc1. The number of furan rings is 1. The number of hydrogen-bond donors (Lipinski definition) is 0. The lowest BCUT2D eigenvalue weighted by atomic mass is 9.91. The molecule has 13 aromatic rings. The van der Waals surface area contributed by atoms with Gasteiger partial charge in [0.05, 0.1) is 16.8 Å². The standard InChI is InChI=1S/C64H41NO/c1-2-15-42(16-3-1)44-29-31-45(32-30-44)47-19-14-20-50(40-47)65(61-38-37-52(48-34-33-43-17-4-5-18-46(43)39-48)64-63(61)58-26-11-13-28-62(58)66-64)60-27-12-10-21-51(60)49-35-36-57-55-24-7-6-22-53(55)54-23-8-9-25-56(54)59(57)41-49/h1-41H. The van der Waals surface area contributed by atoms with E-state index in [0.717, 1.165) is 72.4 Å². The fraction of sp³-hybridized carbons (Fsp3) is 0. The fourth-order valence-electron chi connectivity index (χ4n) is 10.3. The van der Waals surface area contributed by atoms with E-state index in [1.165, 1.54) is 54.2 Å². The van der Waals surface area contributed by atoms with Crippen molar-refractivity contribution in [3.8, 4) is 44.5 Å². The number of hydrogen-bond acceptors (Lipinski definition) is 2. The molecule has 13 rings (SSSR count). The first-order valence-electron chi connectivity index (χ1n) is 22.7. The molecule has 0 aliphatic carbocycles. The molecule has 0 aliphatic rings. The second-order valence-electron chi connectivity index (χ2n) is 17.2. The average Bonchev–Trinajstić information content (AvgIpc) is 3.79. The van der Waals surface area contributed by atoms with Crippen LogP contribution in [0.4, 0.5) is 17.1 Å². The minimum atomic E-state index is 0.858. The molecule has 0 unspecified atom stereocenters. The molecule has 0 N–H and O–H groups in total. The minimum absolute atomic E-state index is 0.858. The van der Waals surface area contributed by atoms with Crippen LogP contribution < -0.4 is 4.90 Å². The summed E-state index contributed by atoms with van der Waals surface area (Å²) in [5.41, 5.74) is 14.0. The van der Waals surface area contributed by atoms with Gasteiger partial charge in [-0.05, 0) is 125 Å². The highest BCUT2D eigenvalue weighted by Gasteiger charge is 2.25.